The van der Waals surface area contributed by atoms with E-state index in [4.69, 9.17) is 4.74 Å². The molecule has 1 aromatic heterocycles. The van der Waals surface area contributed by atoms with Gasteiger partial charge < -0.3 is 10.1 Å². The average Bonchev–Trinajstić information content (AvgIpc) is 3.28. The van der Waals surface area contributed by atoms with Crippen molar-refractivity contribution < 1.29 is 23.9 Å². The lowest BCUT2D eigenvalue weighted by Crippen LogP contribution is -2.31. The fourth-order valence-corrected chi connectivity index (χ4v) is 4.04. The zero-order valence-electron chi connectivity index (χ0n) is 20.7. The van der Waals surface area contributed by atoms with Crippen molar-refractivity contribution in [3.8, 4) is 5.69 Å². The number of nitrogens with zero attached hydrogens (tertiary/aromatic N) is 3. The number of rotatable bonds is 8. The number of benzene rings is 2. The van der Waals surface area contributed by atoms with Crippen LogP contribution in [0.25, 0.3) is 5.69 Å². The van der Waals surface area contributed by atoms with Crippen molar-refractivity contribution in [2.45, 2.75) is 34.1 Å². The lowest BCUT2D eigenvalue weighted by atomic mass is 10.1. The van der Waals surface area contributed by atoms with Crippen LogP contribution in [0.15, 0.2) is 48.5 Å². The van der Waals surface area contributed by atoms with E-state index in [-0.39, 0.29) is 22.6 Å². The highest BCUT2D eigenvalue weighted by Crippen LogP contribution is 2.26. The summed E-state index contributed by atoms with van der Waals surface area (Å²) in [6.07, 6.45) is 0.693. The maximum atomic E-state index is 12.7. The molecule has 9 heteroatoms. The summed E-state index contributed by atoms with van der Waals surface area (Å²) in [6.45, 7) is 7.45. The molecule has 0 saturated carbocycles. The molecule has 9 nitrogen and oxygen atoms in total. The van der Waals surface area contributed by atoms with Gasteiger partial charge in [-0.3, -0.25) is 19.3 Å². The molecule has 3 amide bonds. The molecule has 2 heterocycles. The number of ether oxygens (including phenoxy) is 1. The molecule has 1 aliphatic rings. The van der Waals surface area contributed by atoms with Gasteiger partial charge in [0, 0.05) is 6.54 Å². The van der Waals surface area contributed by atoms with Crippen LogP contribution in [-0.2, 0) is 9.53 Å². The number of fused-ring (bicyclic) bond motifs is 1. The Kier molecular flexibility index (Phi) is 7.00. The van der Waals surface area contributed by atoms with Gasteiger partial charge in [-0.05, 0) is 56.5 Å². The Morgan fingerprint density at radius 1 is 1.00 bits per heavy atom. The van der Waals surface area contributed by atoms with Gasteiger partial charge in [-0.2, -0.15) is 5.10 Å². The zero-order chi connectivity index (χ0) is 26.0. The molecule has 0 spiro atoms. The molecule has 0 unspecified atom stereocenters. The lowest BCUT2D eigenvalue weighted by molar-refractivity contribution is -0.119. The first-order chi connectivity index (χ1) is 17.2. The fourth-order valence-electron chi connectivity index (χ4n) is 4.04. The molecule has 0 fully saturated rings. The molecule has 0 radical (unpaired) electrons. The number of hydrogen-bond donors (Lipinski definition) is 1. The Morgan fingerprint density at radius 2 is 1.69 bits per heavy atom. The average molecular weight is 489 g/mol. The molecule has 186 valence electrons. The number of anilines is 1. The number of esters is 1. The second kappa shape index (κ2) is 10.2. The van der Waals surface area contributed by atoms with Crippen LogP contribution in [0.1, 0.15) is 62.7 Å². The third-order valence-electron chi connectivity index (χ3n) is 6.03. The number of para-hydroxylation sites is 1. The van der Waals surface area contributed by atoms with Crippen molar-refractivity contribution in [2.24, 2.45) is 5.92 Å². The lowest BCUT2D eigenvalue weighted by Gasteiger charge is -2.14. The molecule has 1 N–H and O–H groups in total. The first-order valence-corrected chi connectivity index (χ1v) is 11.8. The van der Waals surface area contributed by atoms with Gasteiger partial charge >= 0.3 is 5.97 Å². The number of nitrogens with one attached hydrogen (secondary N) is 1. The maximum absolute atomic E-state index is 12.7. The SMILES string of the molecule is Cc1nn(-c2ccccc2)c(C)c1NC(=O)COC(=O)c1ccc2c(c1)C(=O)N(CCC(C)C)C2=O. The highest BCUT2D eigenvalue weighted by atomic mass is 16.5. The van der Waals surface area contributed by atoms with Crippen LogP contribution < -0.4 is 5.32 Å². The molecular weight excluding hydrogens is 460 g/mol. The number of hydrogen-bond acceptors (Lipinski definition) is 6. The summed E-state index contributed by atoms with van der Waals surface area (Å²) in [5.41, 5.74) is 3.29. The van der Waals surface area contributed by atoms with Gasteiger partial charge in [-0.15, -0.1) is 0 Å². The van der Waals surface area contributed by atoms with Crippen molar-refractivity contribution in [3.63, 3.8) is 0 Å². The Labute approximate surface area is 209 Å². The number of amides is 3. The van der Waals surface area contributed by atoms with Crippen LogP contribution in [0.5, 0.6) is 0 Å². The minimum atomic E-state index is -0.762. The molecule has 0 saturated heterocycles. The zero-order valence-corrected chi connectivity index (χ0v) is 20.7. The van der Waals surface area contributed by atoms with Crippen LogP contribution in [0, 0.1) is 19.8 Å². The maximum Gasteiger partial charge on any atom is 0.338 e. The van der Waals surface area contributed by atoms with Gasteiger partial charge in [-0.1, -0.05) is 32.0 Å². The number of carbonyl (C=O) groups excluding carboxylic acids is 4. The van der Waals surface area contributed by atoms with Crippen molar-refractivity contribution in [1.29, 1.82) is 0 Å². The molecule has 0 aliphatic carbocycles. The molecule has 4 rings (SSSR count). The van der Waals surface area contributed by atoms with Gasteiger partial charge in [-0.25, -0.2) is 9.48 Å². The predicted octanol–water partition coefficient (Wildman–Crippen LogP) is 3.93. The van der Waals surface area contributed by atoms with Gasteiger partial charge in [0.1, 0.15) is 0 Å². The molecule has 36 heavy (non-hydrogen) atoms. The van der Waals surface area contributed by atoms with Crippen molar-refractivity contribution >= 4 is 29.4 Å². The number of carbonyl (C=O) groups is 4. The Bertz CT molecular complexity index is 1340. The van der Waals surface area contributed by atoms with E-state index in [1.807, 2.05) is 51.1 Å². The van der Waals surface area contributed by atoms with Crippen LogP contribution in [0.3, 0.4) is 0 Å². The second-order valence-corrected chi connectivity index (χ2v) is 9.12. The summed E-state index contributed by atoms with van der Waals surface area (Å²) < 4.78 is 6.90. The van der Waals surface area contributed by atoms with Crippen molar-refractivity contribution in [3.05, 3.63) is 76.6 Å². The van der Waals surface area contributed by atoms with E-state index in [2.05, 4.69) is 10.4 Å². The summed E-state index contributed by atoms with van der Waals surface area (Å²) in [5, 5.41) is 7.24. The Morgan fingerprint density at radius 3 is 2.39 bits per heavy atom. The highest BCUT2D eigenvalue weighted by molar-refractivity contribution is 6.22. The second-order valence-electron chi connectivity index (χ2n) is 9.12. The summed E-state index contributed by atoms with van der Waals surface area (Å²) in [5.74, 6) is -1.73. The van der Waals surface area contributed by atoms with Crippen LogP contribution in [0.4, 0.5) is 5.69 Å². The Hall–Kier alpha value is -4.27. The standard InChI is InChI=1S/C27H28N4O5/c1-16(2)12-13-30-25(33)21-11-10-19(14-22(21)26(30)34)27(35)36-15-23(32)28-24-17(3)29-31(18(24)4)20-8-6-5-7-9-20/h5-11,14,16H,12-13,15H2,1-4H3,(H,28,32). The quantitative estimate of drug-likeness (QED) is 0.380. The topological polar surface area (TPSA) is 111 Å². The summed E-state index contributed by atoms with van der Waals surface area (Å²) in [7, 11) is 0. The highest BCUT2D eigenvalue weighted by Gasteiger charge is 2.35. The van der Waals surface area contributed by atoms with Crippen molar-refractivity contribution in [1.82, 2.24) is 14.7 Å². The van der Waals surface area contributed by atoms with E-state index in [0.717, 1.165) is 11.4 Å². The van der Waals surface area contributed by atoms with E-state index < -0.39 is 24.4 Å². The van der Waals surface area contributed by atoms with E-state index >= 15 is 0 Å². The molecular formula is C27H28N4O5. The minimum Gasteiger partial charge on any atom is -0.452 e. The largest absolute Gasteiger partial charge is 0.452 e. The van der Waals surface area contributed by atoms with Gasteiger partial charge in [0.05, 0.1) is 39.5 Å². The van der Waals surface area contributed by atoms with Gasteiger partial charge in [0.2, 0.25) is 0 Å². The van der Waals surface area contributed by atoms with Gasteiger partial charge in [0.15, 0.2) is 6.61 Å². The molecule has 0 atom stereocenters. The first-order valence-electron chi connectivity index (χ1n) is 11.8. The molecule has 2 aromatic carbocycles. The van der Waals surface area contributed by atoms with E-state index in [1.165, 1.54) is 23.1 Å². The number of imide groups is 1. The molecule has 3 aromatic rings. The Balaban J connectivity index is 1.40. The fraction of sp³-hybridized carbons (Fsp3) is 0.296. The summed E-state index contributed by atoms with van der Waals surface area (Å²) in [4.78, 5) is 51.6. The van der Waals surface area contributed by atoms with Crippen LogP contribution >= 0.6 is 0 Å². The third-order valence-corrected chi connectivity index (χ3v) is 6.03. The van der Waals surface area contributed by atoms with Crippen LogP contribution in [0.2, 0.25) is 0 Å². The van der Waals surface area contributed by atoms with Gasteiger partial charge in [0.25, 0.3) is 17.7 Å². The predicted molar refractivity (Wildman–Crippen MR) is 133 cm³/mol. The van der Waals surface area contributed by atoms with E-state index in [9.17, 15) is 19.2 Å². The van der Waals surface area contributed by atoms with Crippen LogP contribution in [-0.4, -0.2) is 51.5 Å². The summed E-state index contributed by atoms with van der Waals surface area (Å²) in [6, 6.07) is 13.7. The van der Waals surface area contributed by atoms with E-state index in [0.29, 0.717) is 30.3 Å². The third kappa shape index (κ3) is 4.91. The van der Waals surface area contributed by atoms with E-state index in [1.54, 1.807) is 11.6 Å². The summed E-state index contributed by atoms with van der Waals surface area (Å²) >= 11 is 0. The first kappa shape index (κ1) is 24.8. The normalized spacial score (nSPS) is 12.8. The monoisotopic (exact) mass is 488 g/mol. The molecule has 1 aliphatic heterocycles. The smallest absolute Gasteiger partial charge is 0.338 e. The minimum absolute atomic E-state index is 0.0951. The molecule has 0 bridgehead atoms. The number of aromatic nitrogens is 2. The van der Waals surface area contributed by atoms with Crippen molar-refractivity contribution in [2.75, 3.05) is 18.5 Å². The number of aryl methyl sites for hydroxylation is 1.